The zero-order chi connectivity index (χ0) is 96.4. The third-order valence-electron chi connectivity index (χ3n) is 18.8. The van der Waals surface area contributed by atoms with Gasteiger partial charge in [-0.3, -0.25) is 0 Å². The summed E-state index contributed by atoms with van der Waals surface area (Å²) in [5.41, 5.74) is 5.81. The predicted octanol–water partition coefficient (Wildman–Crippen LogP) is 35.8. The lowest BCUT2D eigenvalue weighted by Crippen LogP contribution is -2.11. The Balaban J connectivity index is 0.000000688. The third kappa shape index (κ3) is 44.1. The SMILES string of the molecule is CC(C)c1cc(C(C)(C)C)co1.CC(C)c1cc(C(C)(C)C)cs1.CC(C)c1ccc(C(C)C)o1.CC(C)c1ccc(C(C)C)s1.CC(C)c1cnc(C(C)C)o1.CC(C)c1cnc(C(C)C)s1.CC(C)c1nc(C(C)(C)C)co1.CC(C)c1nc(C(C)(C)C)cs1.CC(C)c1nnc(C(C)C)o1.CC(C)c1nnc(C(C)C)s1.CC(C)c1noc(C(C)C)n1. The predicted molar refractivity (Wildman–Crippen MR) is 540 cm³/mol. The number of hydrogen-bond acceptors (Lipinski definition) is 21. The summed E-state index contributed by atoms with van der Waals surface area (Å²) in [4.78, 5) is 27.7. The Morgan fingerprint density at radius 2 is 0.696 bits per heavy atom. The van der Waals surface area contributed by atoms with E-state index in [1.165, 1.54) is 46.3 Å². The quantitative estimate of drug-likeness (QED) is 0.0782. The molecule has 21 heteroatoms. The molecule has 11 aromatic heterocycles. The maximum absolute atomic E-state index is 5.61. The van der Waals surface area contributed by atoms with Crippen molar-refractivity contribution in [1.82, 2.24) is 50.5 Å². The fraction of sp³-hybridized carbons (Fsp3) is 0.673. The van der Waals surface area contributed by atoms with Crippen LogP contribution in [0.1, 0.15) is 559 Å². The highest BCUT2D eigenvalue weighted by molar-refractivity contribution is 7.12. The Kier molecular flexibility index (Phi) is 51.1. The van der Waals surface area contributed by atoms with E-state index in [-0.39, 0.29) is 16.2 Å². The number of rotatable bonds is 18. The molecule has 0 aliphatic heterocycles. The molecule has 0 saturated carbocycles. The van der Waals surface area contributed by atoms with E-state index in [1.54, 1.807) is 28.9 Å². The Hall–Kier alpha value is -6.52. The van der Waals surface area contributed by atoms with Crippen LogP contribution in [-0.2, 0) is 21.7 Å². The molecule has 11 aromatic rings. The van der Waals surface area contributed by atoms with E-state index in [1.807, 2.05) is 94.2 Å². The lowest BCUT2D eigenvalue weighted by molar-refractivity contribution is 0.359. The summed E-state index contributed by atoms with van der Waals surface area (Å²) >= 11 is 9.17. The minimum atomic E-state index is 0.0939. The van der Waals surface area contributed by atoms with Gasteiger partial charge in [0.1, 0.15) is 39.3 Å². The first-order valence-corrected chi connectivity index (χ1v) is 50.3. The van der Waals surface area contributed by atoms with Crippen LogP contribution in [0.2, 0.25) is 0 Å². The Bertz CT molecular complexity index is 3720. The van der Waals surface area contributed by atoms with Gasteiger partial charge < -0.3 is 26.6 Å². The van der Waals surface area contributed by atoms with Crippen molar-refractivity contribution >= 4 is 56.7 Å². The van der Waals surface area contributed by atoms with E-state index in [0.717, 1.165) is 74.0 Å². The molecule has 0 saturated heterocycles. The lowest BCUT2D eigenvalue weighted by Gasteiger charge is -2.15. The highest BCUT2D eigenvalue weighted by Crippen LogP contribution is 2.35. The number of thiophene rings is 2. The number of nitrogens with zero attached hydrogens (tertiary/aromatic N) is 10. The molecule has 0 radical (unpaired) electrons. The topological polar surface area (TPSA) is 208 Å². The number of furan rings is 2. The van der Waals surface area contributed by atoms with Gasteiger partial charge in [-0.05, 0) is 87.4 Å². The third-order valence-corrected chi connectivity index (χ3v) is 26.0. The van der Waals surface area contributed by atoms with Crippen molar-refractivity contribution in [3.63, 3.8) is 0 Å². The fourth-order valence-corrected chi connectivity index (χ4v) is 14.7. The molecule has 0 aliphatic carbocycles. The molecule has 706 valence electrons. The molecule has 0 spiro atoms. The minimum absolute atomic E-state index is 0.0939. The second-order valence-corrected chi connectivity index (χ2v) is 47.1. The summed E-state index contributed by atoms with van der Waals surface area (Å²) in [6.07, 6.45) is 7.45. The van der Waals surface area contributed by atoms with Gasteiger partial charge in [0, 0.05) is 125 Å². The number of hydrogen-bond donors (Lipinski definition) is 0. The first kappa shape index (κ1) is 116. The van der Waals surface area contributed by atoms with Gasteiger partial charge >= 0.3 is 0 Å². The Morgan fingerprint density at radius 1 is 0.264 bits per heavy atom. The first-order chi connectivity index (χ1) is 57.4. The summed E-state index contributed by atoms with van der Waals surface area (Å²) in [6, 6.07) is 13.1. The monoisotopic (exact) mass is 1820 g/mol. The number of oxazole rings is 2. The van der Waals surface area contributed by atoms with Crippen LogP contribution in [0.5, 0.6) is 0 Å². The summed E-state index contributed by atoms with van der Waals surface area (Å²) < 4.78 is 32.3. The smallest absolute Gasteiger partial charge is 0.229 e. The summed E-state index contributed by atoms with van der Waals surface area (Å²) in [6.45, 7) is 103. The molecule has 0 fully saturated rings. The minimum Gasteiger partial charge on any atom is -0.469 e. The van der Waals surface area contributed by atoms with E-state index in [4.69, 9.17) is 26.6 Å². The largest absolute Gasteiger partial charge is 0.469 e. The van der Waals surface area contributed by atoms with Crippen LogP contribution in [0.4, 0.5) is 0 Å². The Labute approximate surface area is 781 Å². The zero-order valence-electron chi connectivity index (χ0n) is 87.3. The van der Waals surface area contributed by atoms with E-state index >= 15 is 0 Å². The Morgan fingerprint density at radius 3 is 0.928 bits per heavy atom. The molecule has 125 heavy (non-hydrogen) atoms. The van der Waals surface area contributed by atoms with Crippen molar-refractivity contribution in [3.05, 3.63) is 192 Å². The molecule has 0 amide bonds. The molecular weight excluding hydrogens is 1650 g/mol. The number of aromatic nitrogens is 10. The maximum Gasteiger partial charge on any atom is 0.229 e. The average Bonchev–Trinajstić information content (AvgIpc) is 1.71. The molecule has 0 atom stereocenters. The van der Waals surface area contributed by atoms with Crippen LogP contribution < -0.4 is 0 Å². The van der Waals surface area contributed by atoms with Gasteiger partial charge in [-0.25, -0.2) is 19.9 Å². The molecule has 0 aliphatic rings. The molecule has 0 unspecified atom stereocenters. The van der Waals surface area contributed by atoms with Gasteiger partial charge in [0.25, 0.3) is 0 Å². The molecule has 0 aromatic carbocycles. The van der Waals surface area contributed by atoms with E-state index in [0.29, 0.717) is 112 Å². The van der Waals surface area contributed by atoms with Crippen LogP contribution in [0, 0.1) is 0 Å². The van der Waals surface area contributed by atoms with Gasteiger partial charge in [0.05, 0.1) is 33.9 Å². The zero-order valence-corrected chi connectivity index (χ0v) is 91.4. The van der Waals surface area contributed by atoms with Gasteiger partial charge in [-0.2, -0.15) is 4.98 Å². The van der Waals surface area contributed by atoms with Gasteiger partial charge in [0.15, 0.2) is 17.6 Å². The van der Waals surface area contributed by atoms with Gasteiger partial charge in [0.2, 0.25) is 17.7 Å². The van der Waals surface area contributed by atoms with Crippen LogP contribution in [0.15, 0.2) is 98.7 Å². The first-order valence-electron chi connectivity index (χ1n) is 46.1. The average molecular weight is 1820 g/mol. The van der Waals surface area contributed by atoms with E-state index in [9.17, 15) is 0 Å². The number of thiazole rings is 2. The van der Waals surface area contributed by atoms with Gasteiger partial charge in [-0.15, -0.1) is 77.1 Å². The van der Waals surface area contributed by atoms with Crippen LogP contribution >= 0.6 is 56.7 Å². The van der Waals surface area contributed by atoms with Gasteiger partial charge in [-0.1, -0.05) is 337 Å². The molecule has 16 nitrogen and oxygen atoms in total. The highest BCUT2D eigenvalue weighted by atomic mass is 32.1. The summed E-state index contributed by atoms with van der Waals surface area (Å²) in [5, 5.41) is 29.2. The van der Waals surface area contributed by atoms with Crippen LogP contribution in [0.25, 0.3) is 0 Å². The molecule has 0 N–H and O–H groups in total. The molecule has 11 rings (SSSR count). The summed E-state index contributed by atoms with van der Waals surface area (Å²) in [7, 11) is 0. The highest BCUT2D eigenvalue weighted by Gasteiger charge is 2.23. The lowest BCUT2D eigenvalue weighted by atomic mass is 9.89. The maximum atomic E-state index is 5.61. The molecular formula is C104H174N10O6S5. The standard InChI is InChI=1S/C11H18O.C11H18S.C10H17NO.C10H17NS.C10H16O.C10H16S.C9H15NO.C9H15NS.2C8H14N2O.C8H14N2S/c2*1-8(2)10-6-9(7-12-10)11(3,4)5;2*1-7(2)9-11-8(6-12-9)10(3,4)5;2*1-7(2)9-5-6-10(11-9)8(3)4;2*1-6(2)8-5-10-9(11-8)7(3)4;1-5(2)7-9-10-8(11-7)6(3)4;1-5(2)7-9-8(6(3)4)11-10-7;1-5(2)7-9-10-8(11-7)6(3)4/h2*6-8H,1-5H3;2*6-7H,1-5H3;2*5-8H,1-4H3;2*5-7H,1-4H3;3*5-6H,1-4H3. The van der Waals surface area contributed by atoms with Crippen molar-refractivity contribution in [2.75, 3.05) is 0 Å². The van der Waals surface area contributed by atoms with E-state index < -0.39 is 0 Å². The van der Waals surface area contributed by atoms with Crippen molar-refractivity contribution in [2.45, 2.75) is 461 Å². The van der Waals surface area contributed by atoms with Crippen LogP contribution in [0.3, 0.4) is 0 Å². The molecule has 0 bridgehead atoms. The molecule has 11 heterocycles. The van der Waals surface area contributed by atoms with E-state index in [2.05, 4.69) is 388 Å². The van der Waals surface area contributed by atoms with Crippen molar-refractivity contribution in [2.24, 2.45) is 0 Å². The van der Waals surface area contributed by atoms with Crippen LogP contribution in [-0.4, -0.2) is 50.5 Å². The normalized spacial score (nSPS) is 11.9. The summed E-state index contributed by atoms with van der Waals surface area (Å²) in [5.74, 6) is 17.8. The van der Waals surface area contributed by atoms with Crippen molar-refractivity contribution in [1.29, 1.82) is 0 Å². The van der Waals surface area contributed by atoms with Crippen molar-refractivity contribution in [3.8, 4) is 0 Å². The fourth-order valence-electron chi connectivity index (χ4n) is 9.68. The second-order valence-electron chi connectivity index (χ2n) is 42.0. The van der Waals surface area contributed by atoms with Crippen molar-refractivity contribution < 1.29 is 26.6 Å². The second kappa shape index (κ2) is 54.8.